The smallest absolute Gasteiger partial charge is 0.163 e. The second-order valence-electron chi connectivity index (χ2n) is 10.6. The Balaban J connectivity index is 1.23. The van der Waals surface area contributed by atoms with E-state index in [9.17, 15) is 0 Å². The van der Waals surface area contributed by atoms with E-state index in [1.54, 1.807) is 0 Å². The zero-order valence-corrected chi connectivity index (χ0v) is 23.0. The molecule has 6 rings (SSSR count). The maximum Gasteiger partial charge on any atom is 0.163 e. The fourth-order valence-corrected chi connectivity index (χ4v) is 5.98. The molecule has 2 aliphatic rings. The molecule has 192 valence electrons. The first-order valence-electron chi connectivity index (χ1n) is 13.1. The molecule has 0 aliphatic carbocycles. The highest BCUT2D eigenvalue weighted by Crippen LogP contribution is 2.32. The molecule has 0 amide bonds. The number of anilines is 4. The molecular weight excluding hydrogens is 468 g/mol. The van der Waals surface area contributed by atoms with Gasteiger partial charge in [0, 0.05) is 41.6 Å². The van der Waals surface area contributed by atoms with Gasteiger partial charge in [0.2, 0.25) is 0 Å². The number of benzene rings is 2. The molecule has 2 aliphatic heterocycles. The lowest BCUT2D eigenvalue weighted by atomic mass is 10.0. The van der Waals surface area contributed by atoms with Crippen molar-refractivity contribution in [1.82, 2.24) is 9.97 Å². The fourth-order valence-electron chi connectivity index (χ4n) is 5.98. The molecule has 0 fully saturated rings. The van der Waals surface area contributed by atoms with E-state index in [0.29, 0.717) is 0 Å². The van der Waals surface area contributed by atoms with Crippen LogP contribution in [0.4, 0.5) is 23.0 Å². The van der Waals surface area contributed by atoms with Crippen LogP contribution in [0.5, 0.6) is 0 Å². The molecule has 0 atom stereocenters. The van der Waals surface area contributed by atoms with E-state index in [4.69, 9.17) is 9.97 Å². The minimum atomic E-state index is 0.724. The van der Waals surface area contributed by atoms with Crippen molar-refractivity contribution in [3.8, 4) is 0 Å². The van der Waals surface area contributed by atoms with Crippen molar-refractivity contribution < 1.29 is 0 Å². The summed E-state index contributed by atoms with van der Waals surface area (Å²) in [6.07, 6.45) is 8.48. The third-order valence-corrected chi connectivity index (χ3v) is 7.42. The summed E-state index contributed by atoms with van der Waals surface area (Å²) in [5, 5.41) is 1.04. The summed E-state index contributed by atoms with van der Waals surface area (Å²) in [7, 11) is 0. The predicted molar refractivity (Wildman–Crippen MR) is 159 cm³/mol. The van der Waals surface area contributed by atoms with Crippen LogP contribution >= 0.6 is 0 Å². The van der Waals surface area contributed by atoms with Crippen molar-refractivity contribution in [3.63, 3.8) is 0 Å². The Kier molecular flexibility index (Phi) is 5.83. The van der Waals surface area contributed by atoms with Crippen LogP contribution in [0.2, 0.25) is 0 Å². The molecule has 0 unspecified atom stereocenters. The molecule has 6 nitrogen and oxygen atoms in total. The first kappa shape index (κ1) is 24.0. The predicted octanol–water partition coefficient (Wildman–Crippen LogP) is 6.99. The highest BCUT2D eigenvalue weighted by Gasteiger charge is 2.22. The van der Waals surface area contributed by atoms with Gasteiger partial charge in [-0.05, 0) is 88.1 Å². The van der Waals surface area contributed by atoms with Crippen molar-refractivity contribution in [2.75, 3.05) is 32.9 Å². The maximum atomic E-state index is 4.96. The lowest BCUT2D eigenvalue weighted by Crippen LogP contribution is -2.27. The summed E-state index contributed by atoms with van der Waals surface area (Å²) in [5.41, 5.74) is 11.0. The van der Waals surface area contributed by atoms with Crippen LogP contribution in [0.3, 0.4) is 0 Å². The van der Waals surface area contributed by atoms with Crippen LogP contribution in [0.25, 0.3) is 11.0 Å². The SMILES string of the molecule is Cc1cc(C)c(N2C=CN(c3ccc4ccc(N5C=CN(c6c(C)cc(C)cc6C)C5)nc4n3)C2)c(C)c1. The summed E-state index contributed by atoms with van der Waals surface area (Å²) >= 11 is 0. The van der Waals surface area contributed by atoms with Crippen LogP contribution in [-0.2, 0) is 0 Å². The van der Waals surface area contributed by atoms with Gasteiger partial charge >= 0.3 is 0 Å². The van der Waals surface area contributed by atoms with Crippen LogP contribution < -0.4 is 19.6 Å². The van der Waals surface area contributed by atoms with Crippen molar-refractivity contribution in [1.29, 1.82) is 0 Å². The van der Waals surface area contributed by atoms with E-state index in [2.05, 4.69) is 134 Å². The Morgan fingerprint density at radius 3 is 1.26 bits per heavy atom. The van der Waals surface area contributed by atoms with Gasteiger partial charge in [0.1, 0.15) is 25.0 Å². The third kappa shape index (κ3) is 4.26. The minimum absolute atomic E-state index is 0.724. The summed E-state index contributed by atoms with van der Waals surface area (Å²) in [6.45, 7) is 14.5. The van der Waals surface area contributed by atoms with Gasteiger partial charge in [-0.3, -0.25) is 0 Å². The third-order valence-electron chi connectivity index (χ3n) is 7.42. The number of aryl methyl sites for hydroxylation is 6. The van der Waals surface area contributed by atoms with E-state index in [0.717, 1.165) is 36.0 Å². The lowest BCUT2D eigenvalue weighted by Gasteiger charge is -2.25. The Morgan fingerprint density at radius 2 is 0.868 bits per heavy atom. The van der Waals surface area contributed by atoms with Crippen LogP contribution in [0, 0.1) is 41.5 Å². The normalized spacial score (nSPS) is 15.0. The van der Waals surface area contributed by atoms with E-state index < -0.39 is 0 Å². The second kappa shape index (κ2) is 9.21. The Hall–Kier alpha value is -4.32. The number of aromatic nitrogens is 2. The van der Waals surface area contributed by atoms with Crippen molar-refractivity contribution >= 4 is 34.0 Å². The fraction of sp³-hybridized carbons (Fsp3) is 0.250. The van der Waals surface area contributed by atoms with Gasteiger partial charge in [-0.1, -0.05) is 35.4 Å². The molecular formula is C32H34N6. The average Bonchev–Trinajstić information content (AvgIpc) is 3.53. The Labute approximate surface area is 225 Å². The van der Waals surface area contributed by atoms with Gasteiger partial charge in [-0.15, -0.1) is 0 Å². The molecule has 0 spiro atoms. The minimum Gasteiger partial charge on any atom is -0.327 e. The molecule has 0 radical (unpaired) electrons. The average molecular weight is 503 g/mol. The van der Waals surface area contributed by atoms with Gasteiger partial charge in [0.15, 0.2) is 5.65 Å². The molecule has 4 heterocycles. The number of nitrogens with zero attached hydrogens (tertiary/aromatic N) is 6. The summed E-state index contributed by atoms with van der Waals surface area (Å²) < 4.78 is 0. The first-order valence-corrected chi connectivity index (χ1v) is 13.1. The number of pyridine rings is 2. The Bertz CT molecular complexity index is 1460. The molecule has 6 heteroatoms. The molecule has 0 N–H and O–H groups in total. The number of hydrogen-bond donors (Lipinski definition) is 0. The molecule has 2 aromatic heterocycles. The van der Waals surface area contributed by atoms with Gasteiger partial charge in [-0.2, -0.15) is 0 Å². The molecule has 0 bridgehead atoms. The summed E-state index contributed by atoms with van der Waals surface area (Å²) in [5.74, 6) is 1.79. The van der Waals surface area contributed by atoms with Gasteiger partial charge < -0.3 is 19.6 Å². The lowest BCUT2D eigenvalue weighted by molar-refractivity contribution is 0.939. The van der Waals surface area contributed by atoms with E-state index >= 15 is 0 Å². The van der Waals surface area contributed by atoms with E-state index in [1.165, 1.54) is 44.8 Å². The highest BCUT2D eigenvalue weighted by atomic mass is 15.4. The zero-order chi connectivity index (χ0) is 26.6. The standard InChI is InChI=1S/C32H34N6/c1-21-15-23(3)30(24(4)16-21)37-13-11-35(19-37)28-9-7-27-8-10-29(34-32(27)33-28)36-12-14-38(20-36)31-25(5)17-22(2)18-26(31)6/h7-18H,19-20H2,1-6H3. The topological polar surface area (TPSA) is 38.7 Å². The van der Waals surface area contributed by atoms with Crippen molar-refractivity contribution in [2.45, 2.75) is 41.5 Å². The monoisotopic (exact) mass is 502 g/mol. The van der Waals surface area contributed by atoms with Gasteiger partial charge in [0.25, 0.3) is 0 Å². The Morgan fingerprint density at radius 1 is 0.500 bits per heavy atom. The molecule has 4 aromatic rings. The quantitative estimate of drug-likeness (QED) is 0.299. The molecule has 2 aromatic carbocycles. The van der Waals surface area contributed by atoms with Crippen molar-refractivity contribution in [3.05, 3.63) is 107 Å². The van der Waals surface area contributed by atoms with Crippen LogP contribution in [-0.4, -0.2) is 23.3 Å². The second-order valence-corrected chi connectivity index (χ2v) is 10.6. The maximum absolute atomic E-state index is 4.96. The van der Waals surface area contributed by atoms with Crippen LogP contribution in [0.1, 0.15) is 33.4 Å². The highest BCUT2D eigenvalue weighted by molar-refractivity contribution is 5.79. The summed E-state index contributed by atoms with van der Waals surface area (Å²) in [6, 6.07) is 17.3. The summed E-state index contributed by atoms with van der Waals surface area (Å²) in [4.78, 5) is 18.9. The van der Waals surface area contributed by atoms with E-state index in [1.807, 2.05) is 0 Å². The number of hydrogen-bond acceptors (Lipinski definition) is 6. The number of rotatable bonds is 4. The first-order chi connectivity index (χ1) is 18.3. The van der Waals surface area contributed by atoms with Crippen molar-refractivity contribution in [2.24, 2.45) is 0 Å². The molecule has 0 saturated heterocycles. The molecule has 38 heavy (non-hydrogen) atoms. The number of fused-ring (bicyclic) bond motifs is 1. The van der Waals surface area contributed by atoms with E-state index in [-0.39, 0.29) is 0 Å². The largest absolute Gasteiger partial charge is 0.327 e. The van der Waals surface area contributed by atoms with Gasteiger partial charge in [-0.25, -0.2) is 9.97 Å². The van der Waals surface area contributed by atoms with Gasteiger partial charge in [0.05, 0.1) is 0 Å². The van der Waals surface area contributed by atoms with Crippen LogP contribution in [0.15, 0.2) is 73.3 Å². The zero-order valence-electron chi connectivity index (χ0n) is 23.0. The molecule has 0 saturated carbocycles.